The first-order chi connectivity index (χ1) is 12.0. The van der Waals surface area contributed by atoms with Crippen molar-refractivity contribution in [2.45, 2.75) is 40.2 Å². The van der Waals surface area contributed by atoms with Gasteiger partial charge in [0, 0.05) is 18.8 Å². The van der Waals surface area contributed by atoms with Crippen molar-refractivity contribution in [3.63, 3.8) is 0 Å². The van der Waals surface area contributed by atoms with Crippen molar-refractivity contribution < 1.29 is 9.53 Å². The van der Waals surface area contributed by atoms with E-state index in [9.17, 15) is 4.79 Å². The first kappa shape index (κ1) is 18.8. The van der Waals surface area contributed by atoms with E-state index in [2.05, 4.69) is 25.2 Å². The standard InChI is InChI=1S/C21H28N2O2/c1-5-6-13-23(15-18-8-10-19(25-4)11-9-18)21(24)22-20-12-7-16(2)14-17(20)3/h7-12,14H,5-6,13,15H2,1-4H3,(H,22,24). The lowest BCUT2D eigenvalue weighted by atomic mass is 10.1. The van der Waals surface area contributed by atoms with E-state index in [4.69, 9.17) is 4.74 Å². The summed E-state index contributed by atoms with van der Waals surface area (Å²) >= 11 is 0. The lowest BCUT2D eigenvalue weighted by Gasteiger charge is -2.24. The van der Waals surface area contributed by atoms with E-state index in [-0.39, 0.29) is 6.03 Å². The number of nitrogens with zero attached hydrogens (tertiary/aromatic N) is 1. The second kappa shape index (κ2) is 9.11. The largest absolute Gasteiger partial charge is 0.497 e. The molecule has 0 atom stereocenters. The highest BCUT2D eigenvalue weighted by Crippen LogP contribution is 2.18. The van der Waals surface area contributed by atoms with Crippen LogP contribution in [0.4, 0.5) is 10.5 Å². The maximum atomic E-state index is 12.8. The molecule has 0 aromatic heterocycles. The lowest BCUT2D eigenvalue weighted by molar-refractivity contribution is 0.208. The summed E-state index contributed by atoms with van der Waals surface area (Å²) in [4.78, 5) is 14.6. The molecule has 0 saturated heterocycles. The molecular weight excluding hydrogens is 312 g/mol. The van der Waals surface area contributed by atoms with Crippen LogP contribution < -0.4 is 10.1 Å². The second-order valence-corrected chi connectivity index (χ2v) is 6.37. The van der Waals surface area contributed by atoms with Crippen LogP contribution in [-0.4, -0.2) is 24.6 Å². The van der Waals surface area contributed by atoms with Crippen molar-refractivity contribution in [1.82, 2.24) is 4.90 Å². The molecule has 0 aliphatic carbocycles. The summed E-state index contributed by atoms with van der Waals surface area (Å²) < 4.78 is 5.20. The molecule has 0 aliphatic rings. The number of aryl methyl sites for hydroxylation is 2. The average Bonchev–Trinajstić information content (AvgIpc) is 2.61. The number of hydrogen-bond donors (Lipinski definition) is 1. The molecule has 134 valence electrons. The minimum Gasteiger partial charge on any atom is -0.497 e. The topological polar surface area (TPSA) is 41.6 Å². The first-order valence-corrected chi connectivity index (χ1v) is 8.79. The molecule has 0 fully saturated rings. The number of rotatable bonds is 7. The predicted molar refractivity (Wildman–Crippen MR) is 103 cm³/mol. The molecular formula is C21H28N2O2. The Labute approximate surface area is 150 Å². The number of amides is 2. The summed E-state index contributed by atoms with van der Waals surface area (Å²) in [6.07, 6.45) is 2.03. The zero-order valence-corrected chi connectivity index (χ0v) is 15.6. The van der Waals surface area contributed by atoms with E-state index in [0.717, 1.165) is 42.0 Å². The van der Waals surface area contributed by atoms with Crippen LogP contribution in [0.25, 0.3) is 0 Å². The van der Waals surface area contributed by atoms with Gasteiger partial charge in [0.25, 0.3) is 0 Å². The van der Waals surface area contributed by atoms with Gasteiger partial charge in [-0.1, -0.05) is 43.2 Å². The van der Waals surface area contributed by atoms with Gasteiger partial charge in [-0.15, -0.1) is 0 Å². The minimum absolute atomic E-state index is 0.0591. The van der Waals surface area contributed by atoms with E-state index in [1.54, 1.807) is 7.11 Å². The summed E-state index contributed by atoms with van der Waals surface area (Å²) in [7, 11) is 1.65. The molecule has 0 spiro atoms. The molecule has 2 aromatic carbocycles. The number of anilines is 1. The molecule has 0 unspecified atom stereocenters. The number of benzene rings is 2. The van der Waals surface area contributed by atoms with Crippen molar-refractivity contribution in [2.24, 2.45) is 0 Å². The number of carbonyl (C=O) groups excluding carboxylic acids is 1. The van der Waals surface area contributed by atoms with E-state index in [1.807, 2.05) is 48.2 Å². The molecule has 25 heavy (non-hydrogen) atoms. The zero-order chi connectivity index (χ0) is 18.2. The number of unbranched alkanes of at least 4 members (excludes halogenated alkanes) is 1. The molecule has 0 bridgehead atoms. The molecule has 0 saturated carbocycles. The van der Waals surface area contributed by atoms with Gasteiger partial charge in [-0.2, -0.15) is 0 Å². The molecule has 4 nitrogen and oxygen atoms in total. The number of urea groups is 1. The number of carbonyl (C=O) groups is 1. The van der Waals surface area contributed by atoms with Gasteiger partial charge in [0.2, 0.25) is 0 Å². The summed E-state index contributed by atoms with van der Waals surface area (Å²) in [5.41, 5.74) is 4.23. The Morgan fingerprint density at radius 3 is 2.44 bits per heavy atom. The average molecular weight is 340 g/mol. The molecule has 2 amide bonds. The minimum atomic E-state index is -0.0591. The number of hydrogen-bond acceptors (Lipinski definition) is 2. The van der Waals surface area contributed by atoms with E-state index in [0.29, 0.717) is 6.54 Å². The Morgan fingerprint density at radius 2 is 1.84 bits per heavy atom. The van der Waals surface area contributed by atoms with Gasteiger partial charge in [0.05, 0.1) is 7.11 Å². The maximum Gasteiger partial charge on any atom is 0.322 e. The summed E-state index contributed by atoms with van der Waals surface area (Å²) in [5.74, 6) is 0.823. The quantitative estimate of drug-likeness (QED) is 0.757. The van der Waals surface area contributed by atoms with Crippen LogP contribution in [0.15, 0.2) is 42.5 Å². The van der Waals surface area contributed by atoms with Crippen LogP contribution in [-0.2, 0) is 6.54 Å². The molecule has 0 heterocycles. The van der Waals surface area contributed by atoms with Crippen LogP contribution in [0.5, 0.6) is 5.75 Å². The van der Waals surface area contributed by atoms with Gasteiger partial charge in [-0.25, -0.2) is 4.79 Å². The van der Waals surface area contributed by atoms with Crippen molar-refractivity contribution in [2.75, 3.05) is 19.0 Å². The van der Waals surface area contributed by atoms with Gasteiger partial charge in [-0.05, 0) is 49.6 Å². The SMILES string of the molecule is CCCCN(Cc1ccc(OC)cc1)C(=O)Nc1ccc(C)cc1C. The normalized spacial score (nSPS) is 10.4. The van der Waals surface area contributed by atoms with Crippen LogP contribution in [0.2, 0.25) is 0 Å². The third-order valence-corrected chi connectivity index (χ3v) is 4.22. The van der Waals surface area contributed by atoms with Crippen LogP contribution in [0, 0.1) is 13.8 Å². The molecule has 1 N–H and O–H groups in total. The third-order valence-electron chi connectivity index (χ3n) is 4.22. The molecule has 2 aromatic rings. The van der Waals surface area contributed by atoms with Gasteiger partial charge < -0.3 is 15.0 Å². The zero-order valence-electron chi connectivity index (χ0n) is 15.6. The highest BCUT2D eigenvalue weighted by atomic mass is 16.5. The van der Waals surface area contributed by atoms with E-state index in [1.165, 1.54) is 5.56 Å². The number of ether oxygens (including phenoxy) is 1. The maximum absolute atomic E-state index is 12.8. The fourth-order valence-electron chi connectivity index (χ4n) is 2.70. The Morgan fingerprint density at radius 1 is 1.12 bits per heavy atom. The van der Waals surface area contributed by atoms with Crippen molar-refractivity contribution in [3.05, 3.63) is 59.2 Å². The van der Waals surface area contributed by atoms with Crippen molar-refractivity contribution in [3.8, 4) is 5.75 Å². The smallest absolute Gasteiger partial charge is 0.322 e. The fourth-order valence-corrected chi connectivity index (χ4v) is 2.70. The van der Waals surface area contributed by atoms with Crippen LogP contribution >= 0.6 is 0 Å². The highest BCUT2D eigenvalue weighted by Gasteiger charge is 2.14. The van der Waals surface area contributed by atoms with E-state index < -0.39 is 0 Å². The summed E-state index contributed by atoms with van der Waals surface area (Å²) in [6.45, 7) is 7.52. The van der Waals surface area contributed by atoms with Gasteiger partial charge >= 0.3 is 6.03 Å². The predicted octanol–water partition coefficient (Wildman–Crippen LogP) is 5.15. The number of methoxy groups -OCH3 is 1. The van der Waals surface area contributed by atoms with Gasteiger partial charge in [0.1, 0.15) is 5.75 Å². The molecule has 2 rings (SSSR count). The summed E-state index contributed by atoms with van der Waals surface area (Å²) in [6, 6.07) is 13.9. The van der Waals surface area contributed by atoms with Crippen molar-refractivity contribution in [1.29, 1.82) is 0 Å². The fraction of sp³-hybridized carbons (Fsp3) is 0.381. The van der Waals surface area contributed by atoms with E-state index >= 15 is 0 Å². The molecule has 0 radical (unpaired) electrons. The van der Waals surface area contributed by atoms with Crippen LogP contribution in [0.3, 0.4) is 0 Å². The van der Waals surface area contributed by atoms with Crippen molar-refractivity contribution >= 4 is 11.7 Å². The Balaban J connectivity index is 2.10. The Hall–Kier alpha value is -2.49. The molecule has 4 heteroatoms. The number of nitrogens with one attached hydrogen (secondary N) is 1. The van der Waals surface area contributed by atoms with Gasteiger partial charge in [-0.3, -0.25) is 0 Å². The molecule has 0 aliphatic heterocycles. The Bertz CT molecular complexity index is 696. The van der Waals surface area contributed by atoms with Gasteiger partial charge in [0.15, 0.2) is 0 Å². The Kier molecular flexibility index (Phi) is 6.87. The lowest BCUT2D eigenvalue weighted by Crippen LogP contribution is -2.35. The first-order valence-electron chi connectivity index (χ1n) is 8.79. The summed E-state index contributed by atoms with van der Waals surface area (Å²) in [5, 5.41) is 3.05. The monoisotopic (exact) mass is 340 g/mol. The highest BCUT2D eigenvalue weighted by molar-refractivity contribution is 5.90. The van der Waals surface area contributed by atoms with Crippen LogP contribution in [0.1, 0.15) is 36.5 Å². The second-order valence-electron chi connectivity index (χ2n) is 6.37. The third kappa shape index (κ3) is 5.52.